The van der Waals surface area contributed by atoms with Gasteiger partial charge < -0.3 is 15.0 Å². The summed E-state index contributed by atoms with van der Waals surface area (Å²) >= 11 is 7.61. The zero-order chi connectivity index (χ0) is 22.8. The molecule has 6 nitrogen and oxygen atoms in total. The first-order chi connectivity index (χ1) is 15.4. The maximum atomic E-state index is 13.3. The van der Waals surface area contributed by atoms with Crippen molar-refractivity contribution in [3.63, 3.8) is 0 Å². The van der Waals surface area contributed by atoms with Crippen LogP contribution in [0, 0.1) is 13.8 Å². The SMILES string of the molecule is COc1ccc(Cl)cc1NC(=O)CN1C(=O)CC(c2cccs2)=Nc2cc(C)c(C)cc21. The Morgan fingerprint density at radius 2 is 2.00 bits per heavy atom. The van der Waals surface area contributed by atoms with E-state index < -0.39 is 0 Å². The van der Waals surface area contributed by atoms with Gasteiger partial charge >= 0.3 is 0 Å². The first kappa shape index (κ1) is 22.0. The van der Waals surface area contributed by atoms with Gasteiger partial charge in [0.15, 0.2) is 0 Å². The van der Waals surface area contributed by atoms with Crippen molar-refractivity contribution in [1.29, 1.82) is 0 Å². The third-order valence-electron chi connectivity index (χ3n) is 5.30. The molecule has 0 fully saturated rings. The molecule has 3 aromatic rings. The van der Waals surface area contributed by atoms with Crippen LogP contribution in [0.2, 0.25) is 5.02 Å². The molecular formula is C24H22ClN3O3S. The maximum absolute atomic E-state index is 13.3. The number of aliphatic imine (C=N–C) groups is 1. The number of ether oxygens (including phenoxy) is 1. The van der Waals surface area contributed by atoms with E-state index in [4.69, 9.17) is 21.3 Å². The average Bonchev–Trinajstić information content (AvgIpc) is 3.25. The van der Waals surface area contributed by atoms with E-state index in [2.05, 4.69) is 5.32 Å². The predicted octanol–water partition coefficient (Wildman–Crippen LogP) is 5.52. The quantitative estimate of drug-likeness (QED) is 0.536. The summed E-state index contributed by atoms with van der Waals surface area (Å²) in [6, 6.07) is 12.7. The number of benzene rings is 2. The van der Waals surface area contributed by atoms with Gasteiger partial charge in [0.1, 0.15) is 12.3 Å². The normalized spacial score (nSPS) is 13.3. The third kappa shape index (κ3) is 4.54. The number of amides is 2. The number of carbonyl (C=O) groups is 2. The molecule has 2 heterocycles. The molecule has 0 spiro atoms. The lowest BCUT2D eigenvalue weighted by atomic mass is 10.1. The Labute approximate surface area is 195 Å². The molecule has 1 N–H and O–H groups in total. The summed E-state index contributed by atoms with van der Waals surface area (Å²) in [7, 11) is 1.52. The highest BCUT2D eigenvalue weighted by molar-refractivity contribution is 7.12. The van der Waals surface area contributed by atoms with Gasteiger partial charge in [-0.15, -0.1) is 11.3 Å². The molecule has 0 atom stereocenters. The topological polar surface area (TPSA) is 71.0 Å². The van der Waals surface area contributed by atoms with Crippen LogP contribution in [0.15, 0.2) is 52.8 Å². The molecule has 8 heteroatoms. The standard InChI is InChI=1S/C24H22ClN3O3S/c1-14-9-17-20(10-15(14)2)28(24(30)12-19(26-17)22-5-4-8-32-22)13-23(29)27-18-11-16(25)6-7-21(18)31-3/h4-11H,12-13H2,1-3H3,(H,27,29). The number of methoxy groups -OCH3 is 1. The Morgan fingerprint density at radius 3 is 2.72 bits per heavy atom. The van der Waals surface area contributed by atoms with Crippen LogP contribution in [0.4, 0.5) is 17.1 Å². The number of fused-ring (bicyclic) bond motifs is 1. The lowest BCUT2D eigenvalue weighted by Crippen LogP contribution is -2.38. The minimum atomic E-state index is -0.359. The monoisotopic (exact) mass is 467 g/mol. The fourth-order valence-corrected chi connectivity index (χ4v) is 4.41. The number of halogens is 1. The Hall–Kier alpha value is -3.16. The Bertz CT molecular complexity index is 1220. The van der Waals surface area contributed by atoms with Crippen LogP contribution in [-0.4, -0.2) is 31.2 Å². The van der Waals surface area contributed by atoms with Gasteiger partial charge in [-0.2, -0.15) is 0 Å². The van der Waals surface area contributed by atoms with Crippen molar-refractivity contribution in [1.82, 2.24) is 0 Å². The number of aryl methyl sites for hydroxylation is 2. The van der Waals surface area contributed by atoms with E-state index in [0.29, 0.717) is 33.5 Å². The van der Waals surface area contributed by atoms with Crippen molar-refractivity contribution in [2.24, 2.45) is 4.99 Å². The molecule has 1 aromatic heterocycles. The lowest BCUT2D eigenvalue weighted by Gasteiger charge is -2.23. The summed E-state index contributed by atoms with van der Waals surface area (Å²) in [5.41, 5.74) is 4.54. The largest absolute Gasteiger partial charge is 0.495 e. The highest BCUT2D eigenvalue weighted by atomic mass is 35.5. The number of anilines is 2. The predicted molar refractivity (Wildman–Crippen MR) is 130 cm³/mol. The number of rotatable bonds is 5. The van der Waals surface area contributed by atoms with Crippen molar-refractivity contribution in [3.8, 4) is 5.75 Å². The van der Waals surface area contributed by atoms with Crippen LogP contribution in [0.5, 0.6) is 5.75 Å². The van der Waals surface area contributed by atoms with E-state index in [1.165, 1.54) is 23.3 Å². The Kier molecular flexibility index (Phi) is 6.30. The second kappa shape index (κ2) is 9.14. The molecule has 0 unspecified atom stereocenters. The molecule has 164 valence electrons. The average molecular weight is 468 g/mol. The summed E-state index contributed by atoms with van der Waals surface area (Å²) in [6.07, 6.45) is 0.112. The fourth-order valence-electron chi connectivity index (χ4n) is 3.52. The number of carbonyl (C=O) groups excluding carboxylic acids is 2. The molecule has 1 aliphatic heterocycles. The van der Waals surface area contributed by atoms with Gasteiger partial charge in [-0.05, 0) is 66.8 Å². The number of thiophene rings is 1. The third-order valence-corrected chi connectivity index (χ3v) is 6.45. The first-order valence-electron chi connectivity index (χ1n) is 10.0. The summed E-state index contributed by atoms with van der Waals surface area (Å²) in [5.74, 6) is -0.0600. The van der Waals surface area contributed by atoms with Crippen LogP contribution in [0.1, 0.15) is 22.4 Å². The van der Waals surface area contributed by atoms with Gasteiger partial charge in [0.25, 0.3) is 0 Å². The van der Waals surface area contributed by atoms with Crippen LogP contribution < -0.4 is 15.0 Å². The number of hydrogen-bond acceptors (Lipinski definition) is 5. The van der Waals surface area contributed by atoms with Crippen molar-refractivity contribution >= 4 is 57.5 Å². The Balaban J connectivity index is 1.67. The molecule has 0 saturated heterocycles. The molecule has 4 rings (SSSR count). The molecule has 0 aliphatic carbocycles. The fraction of sp³-hybridized carbons (Fsp3) is 0.208. The van der Waals surface area contributed by atoms with Crippen molar-refractivity contribution in [2.45, 2.75) is 20.3 Å². The van der Waals surface area contributed by atoms with Crippen molar-refractivity contribution < 1.29 is 14.3 Å². The van der Waals surface area contributed by atoms with Crippen LogP contribution in [-0.2, 0) is 9.59 Å². The summed E-state index contributed by atoms with van der Waals surface area (Å²) in [5, 5.41) is 5.23. The second-order valence-electron chi connectivity index (χ2n) is 7.51. The van der Waals surface area contributed by atoms with Gasteiger partial charge in [-0.1, -0.05) is 17.7 Å². The minimum Gasteiger partial charge on any atom is -0.495 e. The van der Waals surface area contributed by atoms with E-state index in [9.17, 15) is 9.59 Å². The minimum absolute atomic E-state index is 0.112. The second-order valence-corrected chi connectivity index (χ2v) is 8.89. The van der Waals surface area contributed by atoms with E-state index in [1.807, 2.05) is 43.5 Å². The molecule has 0 bridgehead atoms. The van der Waals surface area contributed by atoms with E-state index in [0.717, 1.165) is 16.0 Å². The molecule has 0 radical (unpaired) electrons. The first-order valence-corrected chi connectivity index (χ1v) is 11.3. The summed E-state index contributed by atoms with van der Waals surface area (Å²) in [6.45, 7) is 3.83. The molecule has 0 saturated carbocycles. The molecular weight excluding hydrogens is 446 g/mol. The smallest absolute Gasteiger partial charge is 0.244 e. The van der Waals surface area contributed by atoms with Crippen LogP contribution in [0.25, 0.3) is 0 Å². The lowest BCUT2D eigenvalue weighted by molar-refractivity contribution is -0.120. The zero-order valence-corrected chi connectivity index (χ0v) is 19.5. The van der Waals surface area contributed by atoms with Crippen LogP contribution >= 0.6 is 22.9 Å². The number of nitrogens with one attached hydrogen (secondary N) is 1. The molecule has 2 amide bonds. The van der Waals surface area contributed by atoms with Gasteiger partial charge in [0, 0.05) is 9.90 Å². The zero-order valence-electron chi connectivity index (χ0n) is 17.9. The number of hydrogen-bond donors (Lipinski definition) is 1. The van der Waals surface area contributed by atoms with E-state index >= 15 is 0 Å². The van der Waals surface area contributed by atoms with Gasteiger partial charge in [0.05, 0.1) is 36.3 Å². The van der Waals surface area contributed by atoms with Crippen molar-refractivity contribution in [3.05, 3.63) is 68.9 Å². The van der Waals surface area contributed by atoms with Gasteiger partial charge in [0.2, 0.25) is 11.8 Å². The number of nitrogens with zero attached hydrogens (tertiary/aromatic N) is 2. The molecule has 32 heavy (non-hydrogen) atoms. The van der Waals surface area contributed by atoms with Crippen LogP contribution in [0.3, 0.4) is 0 Å². The van der Waals surface area contributed by atoms with Gasteiger partial charge in [-0.3, -0.25) is 9.59 Å². The highest BCUT2D eigenvalue weighted by Gasteiger charge is 2.28. The van der Waals surface area contributed by atoms with Crippen molar-refractivity contribution in [2.75, 3.05) is 23.9 Å². The van der Waals surface area contributed by atoms with Gasteiger partial charge in [-0.25, -0.2) is 4.99 Å². The molecule has 1 aliphatic rings. The summed E-state index contributed by atoms with van der Waals surface area (Å²) in [4.78, 5) is 33.5. The van der Waals surface area contributed by atoms with E-state index in [-0.39, 0.29) is 24.8 Å². The van der Waals surface area contributed by atoms with E-state index in [1.54, 1.807) is 18.2 Å². The maximum Gasteiger partial charge on any atom is 0.244 e. The summed E-state index contributed by atoms with van der Waals surface area (Å²) < 4.78 is 5.30. The highest BCUT2D eigenvalue weighted by Crippen LogP contribution is 2.36. The Morgan fingerprint density at radius 1 is 1.22 bits per heavy atom. The molecule has 2 aromatic carbocycles.